The Bertz CT molecular complexity index is 622. The van der Waals surface area contributed by atoms with E-state index in [1.807, 2.05) is 0 Å². The molecule has 0 radical (unpaired) electrons. The highest BCUT2D eigenvalue weighted by Gasteiger charge is 2.30. The molecule has 0 aliphatic carbocycles. The van der Waals surface area contributed by atoms with Crippen LogP contribution in [-0.2, 0) is 24.0 Å². The number of rotatable bonds is 11. The molecule has 0 aromatic carbocycles. The highest BCUT2D eigenvalue weighted by molar-refractivity contribution is 5.95. The molecule has 4 amide bonds. The van der Waals surface area contributed by atoms with Gasteiger partial charge in [0.15, 0.2) is 0 Å². The molecule has 0 saturated carbocycles. The van der Waals surface area contributed by atoms with Crippen molar-refractivity contribution in [3.8, 4) is 0 Å². The van der Waals surface area contributed by atoms with Crippen LogP contribution in [0.25, 0.3) is 0 Å². The first-order valence-electron chi connectivity index (χ1n) is 9.45. The van der Waals surface area contributed by atoms with Crippen LogP contribution < -0.4 is 27.0 Å². The summed E-state index contributed by atoms with van der Waals surface area (Å²) in [6.45, 7) is 9.30. The van der Waals surface area contributed by atoms with E-state index in [0.29, 0.717) is 0 Å². The zero-order valence-electron chi connectivity index (χ0n) is 17.7. The fourth-order valence-corrected chi connectivity index (χ4v) is 2.34. The van der Waals surface area contributed by atoms with Gasteiger partial charge in [0.05, 0.1) is 6.54 Å². The fraction of sp³-hybridized carbons (Fsp3) is 0.722. The second-order valence-electron chi connectivity index (χ2n) is 7.52. The topological polar surface area (TPSA) is 180 Å². The van der Waals surface area contributed by atoms with E-state index in [-0.39, 0.29) is 18.4 Å². The maximum atomic E-state index is 12.6. The van der Waals surface area contributed by atoms with Gasteiger partial charge in [0, 0.05) is 0 Å². The Morgan fingerprint density at radius 1 is 0.690 bits per heavy atom. The van der Waals surface area contributed by atoms with Crippen molar-refractivity contribution in [1.82, 2.24) is 21.3 Å². The van der Waals surface area contributed by atoms with Crippen LogP contribution in [-0.4, -0.2) is 65.4 Å². The molecule has 7 N–H and O–H groups in total. The van der Waals surface area contributed by atoms with E-state index >= 15 is 0 Å². The lowest BCUT2D eigenvalue weighted by Crippen LogP contribution is -2.58. The highest BCUT2D eigenvalue weighted by Crippen LogP contribution is 2.05. The number of aliphatic carboxylic acids is 1. The predicted molar refractivity (Wildman–Crippen MR) is 105 cm³/mol. The zero-order valence-corrected chi connectivity index (χ0v) is 17.7. The van der Waals surface area contributed by atoms with E-state index in [1.54, 1.807) is 27.7 Å². The maximum Gasteiger partial charge on any atom is 0.326 e. The smallest absolute Gasteiger partial charge is 0.326 e. The molecular formula is C18H33N5O6. The van der Waals surface area contributed by atoms with Gasteiger partial charge in [-0.25, -0.2) is 4.79 Å². The van der Waals surface area contributed by atoms with Crippen molar-refractivity contribution in [3.05, 3.63) is 0 Å². The third-order valence-electron chi connectivity index (χ3n) is 4.19. The summed E-state index contributed by atoms with van der Waals surface area (Å²) >= 11 is 0. The second-order valence-corrected chi connectivity index (χ2v) is 7.52. The second kappa shape index (κ2) is 12.0. The van der Waals surface area contributed by atoms with Gasteiger partial charge in [-0.3, -0.25) is 19.2 Å². The summed E-state index contributed by atoms with van der Waals surface area (Å²) in [4.78, 5) is 59.6. The summed E-state index contributed by atoms with van der Waals surface area (Å²) in [6, 6.07) is -3.97. The number of carbonyl (C=O) groups is 5. The van der Waals surface area contributed by atoms with E-state index < -0.39 is 53.8 Å². The monoisotopic (exact) mass is 415 g/mol. The lowest BCUT2D eigenvalue weighted by molar-refractivity contribution is -0.143. The Labute approximate surface area is 170 Å². The molecule has 0 aromatic rings. The molecule has 4 atom stereocenters. The summed E-state index contributed by atoms with van der Waals surface area (Å²) < 4.78 is 0. The van der Waals surface area contributed by atoms with Gasteiger partial charge in [-0.15, -0.1) is 0 Å². The number of nitrogens with two attached hydrogens (primary N) is 1. The molecule has 166 valence electrons. The third kappa shape index (κ3) is 8.90. The van der Waals surface area contributed by atoms with Crippen molar-refractivity contribution in [2.45, 2.75) is 65.7 Å². The van der Waals surface area contributed by atoms with E-state index in [9.17, 15) is 24.0 Å². The van der Waals surface area contributed by atoms with Crippen molar-refractivity contribution in [1.29, 1.82) is 0 Å². The molecule has 0 unspecified atom stereocenters. The minimum absolute atomic E-state index is 0.272. The van der Waals surface area contributed by atoms with Crippen LogP contribution in [0, 0.1) is 11.8 Å². The molecule has 0 rings (SSSR count). The van der Waals surface area contributed by atoms with Gasteiger partial charge in [0.25, 0.3) is 0 Å². The van der Waals surface area contributed by atoms with Gasteiger partial charge < -0.3 is 32.1 Å². The molecule has 0 fully saturated rings. The van der Waals surface area contributed by atoms with Crippen molar-refractivity contribution in [3.63, 3.8) is 0 Å². The van der Waals surface area contributed by atoms with Crippen molar-refractivity contribution >= 4 is 29.6 Å². The highest BCUT2D eigenvalue weighted by atomic mass is 16.4. The van der Waals surface area contributed by atoms with E-state index in [4.69, 9.17) is 10.8 Å². The minimum Gasteiger partial charge on any atom is -0.480 e. The zero-order chi connectivity index (χ0) is 22.9. The third-order valence-corrected chi connectivity index (χ3v) is 4.19. The maximum absolute atomic E-state index is 12.6. The van der Waals surface area contributed by atoms with E-state index in [1.165, 1.54) is 13.8 Å². The normalized spacial score (nSPS) is 15.1. The van der Waals surface area contributed by atoms with Crippen LogP contribution >= 0.6 is 0 Å². The predicted octanol–water partition coefficient (Wildman–Crippen LogP) is -1.68. The first-order valence-corrected chi connectivity index (χ1v) is 9.45. The molecule has 0 aliphatic heterocycles. The average Bonchev–Trinajstić information content (AvgIpc) is 2.62. The lowest BCUT2D eigenvalue weighted by Gasteiger charge is -2.26. The molecule has 0 spiro atoms. The Kier molecular flexibility index (Phi) is 10.9. The number of amides is 4. The number of carbonyl (C=O) groups excluding carboxylic acids is 4. The molecule has 0 heterocycles. The summed E-state index contributed by atoms with van der Waals surface area (Å²) in [5.41, 5.74) is 5.19. The summed E-state index contributed by atoms with van der Waals surface area (Å²) in [5, 5.41) is 18.9. The van der Waals surface area contributed by atoms with E-state index in [0.717, 1.165) is 0 Å². The first kappa shape index (κ1) is 26.3. The van der Waals surface area contributed by atoms with Gasteiger partial charge in [0.2, 0.25) is 23.6 Å². The quantitative estimate of drug-likeness (QED) is 0.233. The van der Waals surface area contributed by atoms with Gasteiger partial charge >= 0.3 is 5.97 Å². The van der Waals surface area contributed by atoms with Crippen molar-refractivity contribution < 1.29 is 29.1 Å². The number of hydrogen-bond acceptors (Lipinski definition) is 6. The molecule has 29 heavy (non-hydrogen) atoms. The summed E-state index contributed by atoms with van der Waals surface area (Å²) in [5.74, 6) is -4.18. The van der Waals surface area contributed by atoms with Crippen LogP contribution in [0.1, 0.15) is 41.5 Å². The van der Waals surface area contributed by atoms with Crippen LogP contribution in [0.15, 0.2) is 0 Å². The Hall–Kier alpha value is -2.69. The Morgan fingerprint density at radius 3 is 1.48 bits per heavy atom. The first-order chi connectivity index (χ1) is 13.3. The molecule has 11 heteroatoms. The minimum atomic E-state index is -1.17. The SMILES string of the molecule is CC(C)[C@H](NC(=O)[C@H](C)NC(=O)[C@@H](NC(=O)[C@H](C)NC(=O)CN)C(C)C)C(=O)O. The molecule has 0 saturated heterocycles. The molecular weight excluding hydrogens is 382 g/mol. The van der Waals surface area contributed by atoms with Gasteiger partial charge in [-0.1, -0.05) is 27.7 Å². The van der Waals surface area contributed by atoms with Gasteiger partial charge in [-0.05, 0) is 25.7 Å². The van der Waals surface area contributed by atoms with E-state index in [2.05, 4.69) is 21.3 Å². The fourth-order valence-electron chi connectivity index (χ4n) is 2.34. The van der Waals surface area contributed by atoms with Crippen molar-refractivity contribution in [2.75, 3.05) is 6.54 Å². The van der Waals surface area contributed by atoms with Crippen LogP contribution in [0.5, 0.6) is 0 Å². The Balaban J connectivity index is 5.01. The van der Waals surface area contributed by atoms with Gasteiger partial charge in [-0.2, -0.15) is 0 Å². The average molecular weight is 415 g/mol. The van der Waals surface area contributed by atoms with Gasteiger partial charge in [0.1, 0.15) is 24.2 Å². The van der Waals surface area contributed by atoms with Crippen LogP contribution in [0.2, 0.25) is 0 Å². The lowest BCUT2D eigenvalue weighted by atomic mass is 10.0. The molecule has 0 aliphatic rings. The van der Waals surface area contributed by atoms with Crippen LogP contribution in [0.3, 0.4) is 0 Å². The van der Waals surface area contributed by atoms with Crippen molar-refractivity contribution in [2.24, 2.45) is 17.6 Å². The number of carboxylic acid groups (broad SMARTS) is 1. The molecule has 0 bridgehead atoms. The number of hydrogen-bond donors (Lipinski definition) is 6. The van der Waals surface area contributed by atoms with Crippen LogP contribution in [0.4, 0.5) is 0 Å². The number of carboxylic acids is 1. The largest absolute Gasteiger partial charge is 0.480 e. The number of nitrogens with one attached hydrogen (secondary N) is 4. The molecule has 11 nitrogen and oxygen atoms in total. The summed E-state index contributed by atoms with van der Waals surface area (Å²) in [7, 11) is 0. The standard InChI is InChI=1S/C18H33N5O6/c1-8(2)13(22-15(25)10(5)20-12(24)7-19)17(27)21-11(6)16(26)23-14(9(3)4)18(28)29/h8-11,13-14H,7,19H2,1-6H3,(H,20,24)(H,21,27)(H,22,25)(H,23,26)(H,28,29)/t10-,11-,13-,14-/m0/s1. The molecule has 0 aromatic heterocycles. The Morgan fingerprint density at radius 2 is 1.10 bits per heavy atom. The summed E-state index contributed by atoms with van der Waals surface area (Å²) in [6.07, 6.45) is 0.